The molecule has 0 amide bonds. The summed E-state index contributed by atoms with van der Waals surface area (Å²) in [5.74, 6) is 0. The van der Waals surface area contributed by atoms with Crippen molar-refractivity contribution in [1.82, 2.24) is 0 Å². The molecule has 6 aromatic rings. The third-order valence-corrected chi connectivity index (χ3v) is 8.80. The Morgan fingerprint density at radius 2 is 1.36 bits per heavy atom. The lowest BCUT2D eigenvalue weighted by atomic mass is 9.78. The van der Waals surface area contributed by atoms with E-state index in [1.54, 1.807) is 0 Å². The van der Waals surface area contributed by atoms with Gasteiger partial charge in [0.1, 0.15) is 11.2 Å². The first-order chi connectivity index (χ1) is 15.8. The second-order valence-corrected chi connectivity index (χ2v) is 11.0. The van der Waals surface area contributed by atoms with Crippen LogP contribution in [-0.2, 0) is 9.31 Å². The van der Waals surface area contributed by atoms with Crippen LogP contribution >= 0.6 is 11.3 Å². The molecule has 0 spiro atoms. The molecule has 33 heavy (non-hydrogen) atoms. The minimum atomic E-state index is -0.417. The van der Waals surface area contributed by atoms with Crippen LogP contribution in [0.1, 0.15) is 27.7 Å². The Morgan fingerprint density at radius 3 is 2.18 bits per heavy atom. The molecule has 1 aliphatic heterocycles. The van der Waals surface area contributed by atoms with E-state index in [9.17, 15) is 0 Å². The van der Waals surface area contributed by atoms with Crippen LogP contribution in [0.3, 0.4) is 0 Å². The lowest BCUT2D eigenvalue weighted by Gasteiger charge is -2.32. The lowest BCUT2D eigenvalue weighted by Crippen LogP contribution is -2.41. The first-order valence-electron chi connectivity index (χ1n) is 11.4. The molecule has 162 valence electrons. The maximum atomic E-state index is 6.50. The minimum absolute atomic E-state index is 0.391. The van der Waals surface area contributed by atoms with Crippen molar-refractivity contribution in [3.63, 3.8) is 0 Å². The number of rotatable bonds is 1. The first-order valence-corrected chi connectivity index (χ1v) is 12.2. The van der Waals surface area contributed by atoms with E-state index in [1.165, 1.54) is 41.7 Å². The summed E-state index contributed by atoms with van der Waals surface area (Å²) in [4.78, 5) is 0. The number of benzene rings is 4. The van der Waals surface area contributed by atoms with Gasteiger partial charge >= 0.3 is 7.12 Å². The molecular weight excluding hydrogens is 427 g/mol. The van der Waals surface area contributed by atoms with Crippen molar-refractivity contribution in [3.8, 4) is 0 Å². The van der Waals surface area contributed by atoms with Gasteiger partial charge in [-0.15, -0.1) is 11.3 Å². The van der Waals surface area contributed by atoms with E-state index in [2.05, 4.69) is 94.4 Å². The van der Waals surface area contributed by atoms with Crippen molar-refractivity contribution in [2.24, 2.45) is 0 Å². The van der Waals surface area contributed by atoms with Crippen LogP contribution in [-0.4, -0.2) is 18.3 Å². The third kappa shape index (κ3) is 2.59. The molecule has 5 heteroatoms. The fraction of sp³-hybridized carbons (Fsp3) is 0.214. The van der Waals surface area contributed by atoms with Gasteiger partial charge < -0.3 is 13.7 Å². The molecule has 1 aliphatic rings. The standard InChI is InChI=1S/C28H23BO3S/c1-27(2)28(3,4)32-29(31-27)20-13-7-12-19-18-11-8-14-21-23(18)24-22(30-21)15-16-9-5-6-10-17(16)26(24)33-25(19)20/h5-15H,1-4H3. The van der Waals surface area contributed by atoms with E-state index in [0.29, 0.717) is 0 Å². The second kappa shape index (κ2) is 6.38. The molecule has 0 N–H and O–H groups in total. The number of hydrogen-bond acceptors (Lipinski definition) is 4. The van der Waals surface area contributed by atoms with Crippen LogP contribution in [0.2, 0.25) is 0 Å². The zero-order valence-corrected chi connectivity index (χ0v) is 19.9. The van der Waals surface area contributed by atoms with Crippen LogP contribution in [0, 0.1) is 0 Å². The summed E-state index contributed by atoms with van der Waals surface area (Å²) in [7, 11) is -0.417. The number of fused-ring (bicyclic) bond motifs is 4. The molecule has 0 aliphatic carbocycles. The highest BCUT2D eigenvalue weighted by Gasteiger charge is 2.52. The highest BCUT2D eigenvalue weighted by molar-refractivity contribution is 7.26. The number of hydrogen-bond donors (Lipinski definition) is 0. The SMILES string of the molecule is CC1(C)OB(c2cccc3c2sc2c4ccccc4cc4oc5cccc3c5c42)OC1(C)C. The van der Waals surface area contributed by atoms with E-state index in [0.717, 1.165) is 16.6 Å². The first kappa shape index (κ1) is 19.6. The Hall–Kier alpha value is -2.86. The summed E-state index contributed by atoms with van der Waals surface area (Å²) in [6, 6.07) is 23.6. The summed E-state index contributed by atoms with van der Waals surface area (Å²) < 4.78 is 21.8. The van der Waals surface area contributed by atoms with Gasteiger partial charge in [0.25, 0.3) is 0 Å². The van der Waals surface area contributed by atoms with Crippen LogP contribution < -0.4 is 5.46 Å². The summed E-state index contributed by atoms with van der Waals surface area (Å²) in [5.41, 5.74) is 2.16. The van der Waals surface area contributed by atoms with Crippen molar-refractivity contribution >= 4 is 76.8 Å². The van der Waals surface area contributed by atoms with Gasteiger partial charge in [0.15, 0.2) is 0 Å². The predicted molar refractivity (Wildman–Crippen MR) is 140 cm³/mol. The topological polar surface area (TPSA) is 31.6 Å². The smallest absolute Gasteiger partial charge is 0.456 e. The normalized spacial score (nSPS) is 17.9. The molecule has 4 aromatic carbocycles. The Balaban J connectivity index is 1.69. The van der Waals surface area contributed by atoms with Gasteiger partial charge in [-0.3, -0.25) is 0 Å². The predicted octanol–water partition coefficient (Wildman–Crippen LogP) is 7.41. The van der Waals surface area contributed by atoms with Gasteiger partial charge in [-0.1, -0.05) is 54.6 Å². The molecule has 3 nitrogen and oxygen atoms in total. The fourth-order valence-electron chi connectivity index (χ4n) is 5.07. The van der Waals surface area contributed by atoms with Gasteiger partial charge in [-0.05, 0) is 61.4 Å². The molecule has 0 bridgehead atoms. The number of furan rings is 1. The van der Waals surface area contributed by atoms with E-state index in [4.69, 9.17) is 13.7 Å². The largest absolute Gasteiger partial charge is 0.496 e. The molecule has 1 saturated heterocycles. The maximum Gasteiger partial charge on any atom is 0.496 e. The quantitative estimate of drug-likeness (QED) is 0.245. The van der Waals surface area contributed by atoms with Crippen molar-refractivity contribution < 1.29 is 13.7 Å². The average molecular weight is 450 g/mol. The third-order valence-electron chi connectivity index (χ3n) is 7.51. The molecule has 7 rings (SSSR count). The van der Waals surface area contributed by atoms with Gasteiger partial charge in [-0.25, -0.2) is 0 Å². The monoisotopic (exact) mass is 450 g/mol. The molecule has 0 radical (unpaired) electrons. The van der Waals surface area contributed by atoms with Crippen LogP contribution in [0.5, 0.6) is 0 Å². The second-order valence-electron chi connectivity index (χ2n) is 9.99. The Kier molecular flexibility index (Phi) is 3.79. The highest BCUT2D eigenvalue weighted by atomic mass is 32.1. The average Bonchev–Trinajstić information content (AvgIpc) is 3.19. The summed E-state index contributed by atoms with van der Waals surface area (Å²) >= 11 is 1.81. The van der Waals surface area contributed by atoms with Crippen molar-refractivity contribution in [2.45, 2.75) is 38.9 Å². The molecule has 0 saturated carbocycles. The van der Waals surface area contributed by atoms with E-state index in [-0.39, 0.29) is 0 Å². The van der Waals surface area contributed by atoms with E-state index in [1.807, 2.05) is 11.3 Å². The molecule has 1 fully saturated rings. The Bertz CT molecular complexity index is 1720. The van der Waals surface area contributed by atoms with Crippen LogP contribution in [0.25, 0.3) is 52.9 Å². The maximum absolute atomic E-state index is 6.50. The van der Waals surface area contributed by atoms with E-state index >= 15 is 0 Å². The molecule has 2 aromatic heterocycles. The Morgan fingerprint density at radius 1 is 0.667 bits per heavy atom. The van der Waals surface area contributed by atoms with Gasteiger partial charge in [0, 0.05) is 25.6 Å². The Labute approximate surface area is 196 Å². The van der Waals surface area contributed by atoms with Crippen LogP contribution in [0.4, 0.5) is 0 Å². The summed E-state index contributed by atoms with van der Waals surface area (Å²) in [6.45, 7) is 8.42. The summed E-state index contributed by atoms with van der Waals surface area (Å²) in [6.07, 6.45) is 0. The molecule has 0 unspecified atom stereocenters. The zero-order chi connectivity index (χ0) is 22.5. The van der Waals surface area contributed by atoms with Crippen molar-refractivity contribution in [2.75, 3.05) is 0 Å². The summed E-state index contributed by atoms with van der Waals surface area (Å²) in [5, 5.41) is 7.20. The molecular formula is C28H23BO3S. The van der Waals surface area contributed by atoms with Crippen molar-refractivity contribution in [3.05, 3.63) is 66.7 Å². The van der Waals surface area contributed by atoms with Crippen LogP contribution in [0.15, 0.2) is 71.1 Å². The molecule has 0 atom stereocenters. The minimum Gasteiger partial charge on any atom is -0.456 e. The zero-order valence-electron chi connectivity index (χ0n) is 19.1. The molecule has 3 heterocycles. The lowest BCUT2D eigenvalue weighted by molar-refractivity contribution is 0.00578. The fourth-order valence-corrected chi connectivity index (χ4v) is 6.44. The van der Waals surface area contributed by atoms with Crippen molar-refractivity contribution in [1.29, 1.82) is 0 Å². The van der Waals surface area contributed by atoms with Gasteiger partial charge in [-0.2, -0.15) is 0 Å². The van der Waals surface area contributed by atoms with Gasteiger partial charge in [0.05, 0.1) is 11.2 Å². The van der Waals surface area contributed by atoms with E-state index < -0.39 is 18.3 Å². The highest BCUT2D eigenvalue weighted by Crippen LogP contribution is 2.44. The van der Waals surface area contributed by atoms with Gasteiger partial charge in [0.2, 0.25) is 0 Å².